The summed E-state index contributed by atoms with van der Waals surface area (Å²) >= 11 is 6.06. The Hall–Kier alpha value is -2.67. The number of benzene rings is 1. The molecule has 8 heteroatoms. The van der Waals surface area contributed by atoms with Crippen molar-refractivity contribution in [3.63, 3.8) is 0 Å². The summed E-state index contributed by atoms with van der Waals surface area (Å²) in [5.41, 5.74) is 0.504. The van der Waals surface area contributed by atoms with E-state index in [1.807, 2.05) is 0 Å². The van der Waals surface area contributed by atoms with E-state index in [1.165, 1.54) is 25.2 Å². The summed E-state index contributed by atoms with van der Waals surface area (Å²) in [6.07, 6.45) is 1.94. The van der Waals surface area contributed by atoms with Crippen LogP contribution in [0.3, 0.4) is 0 Å². The molecule has 0 aliphatic heterocycles. The van der Waals surface area contributed by atoms with Crippen LogP contribution in [-0.4, -0.2) is 27.6 Å². The molecule has 1 fully saturated rings. The molecule has 0 bridgehead atoms. The Morgan fingerprint density at radius 1 is 1.21 bits per heavy atom. The molecular weight excluding hydrogens is 332 g/mol. The van der Waals surface area contributed by atoms with E-state index in [4.69, 9.17) is 11.6 Å². The number of carbonyl (C=O) groups excluding carboxylic acids is 2. The number of nitrogens with zero attached hydrogens (tertiary/aromatic N) is 2. The van der Waals surface area contributed by atoms with Crippen LogP contribution < -0.4 is 16.2 Å². The second-order valence-corrected chi connectivity index (χ2v) is 5.98. The van der Waals surface area contributed by atoms with E-state index in [2.05, 4.69) is 15.7 Å². The van der Waals surface area contributed by atoms with Gasteiger partial charge in [0.05, 0.1) is 10.6 Å². The molecular formula is C16H15ClN4O3. The highest BCUT2D eigenvalue weighted by Gasteiger charge is 2.25. The maximum atomic E-state index is 12.2. The highest BCUT2D eigenvalue weighted by atomic mass is 35.5. The summed E-state index contributed by atoms with van der Waals surface area (Å²) in [7, 11) is 1.46. The lowest BCUT2D eigenvalue weighted by molar-refractivity contribution is 0.0949. The highest BCUT2D eigenvalue weighted by Crippen LogP contribution is 2.24. The van der Waals surface area contributed by atoms with Crippen molar-refractivity contribution in [3.8, 4) is 0 Å². The summed E-state index contributed by atoms with van der Waals surface area (Å²) in [6, 6.07) is 7.47. The number of aryl methyl sites for hydroxylation is 1. The third-order valence-electron chi connectivity index (χ3n) is 3.57. The third-order valence-corrected chi connectivity index (χ3v) is 3.90. The summed E-state index contributed by atoms with van der Waals surface area (Å²) in [5.74, 6) is -0.750. The minimum atomic E-state index is -0.485. The van der Waals surface area contributed by atoms with Crippen molar-refractivity contribution in [2.45, 2.75) is 18.9 Å². The molecule has 7 nitrogen and oxygen atoms in total. The fourth-order valence-electron chi connectivity index (χ4n) is 2.09. The van der Waals surface area contributed by atoms with Gasteiger partial charge in [-0.05, 0) is 37.1 Å². The average Bonchev–Trinajstić information content (AvgIpc) is 3.35. The topological polar surface area (TPSA) is 93.1 Å². The summed E-state index contributed by atoms with van der Waals surface area (Å²) in [6.45, 7) is 0. The number of aromatic nitrogens is 2. The maximum Gasteiger partial charge on any atom is 0.276 e. The minimum Gasteiger partial charge on any atom is -0.349 e. The first-order chi connectivity index (χ1) is 11.4. The van der Waals surface area contributed by atoms with E-state index >= 15 is 0 Å². The number of anilines is 1. The predicted octanol–water partition coefficient (Wildman–Crippen LogP) is 1.58. The quantitative estimate of drug-likeness (QED) is 0.879. The number of halogens is 1. The van der Waals surface area contributed by atoms with Crippen molar-refractivity contribution in [1.82, 2.24) is 15.1 Å². The van der Waals surface area contributed by atoms with Crippen molar-refractivity contribution in [1.29, 1.82) is 0 Å². The van der Waals surface area contributed by atoms with Gasteiger partial charge in [0, 0.05) is 24.8 Å². The van der Waals surface area contributed by atoms with Crippen LogP contribution in [0.1, 0.15) is 33.7 Å². The number of hydrogen-bond donors (Lipinski definition) is 2. The lowest BCUT2D eigenvalue weighted by atomic mass is 10.1. The van der Waals surface area contributed by atoms with Crippen molar-refractivity contribution in [2.24, 2.45) is 7.05 Å². The maximum absolute atomic E-state index is 12.2. The molecule has 1 aliphatic carbocycles. The van der Waals surface area contributed by atoms with Gasteiger partial charge in [-0.1, -0.05) is 11.6 Å². The molecule has 0 radical (unpaired) electrons. The number of amides is 2. The summed E-state index contributed by atoms with van der Waals surface area (Å²) < 4.78 is 1.07. The first kappa shape index (κ1) is 16.2. The lowest BCUT2D eigenvalue weighted by Gasteiger charge is -2.09. The van der Waals surface area contributed by atoms with Crippen LogP contribution in [0, 0.1) is 0 Å². The fraction of sp³-hybridized carbons (Fsp3) is 0.250. The molecule has 1 heterocycles. The first-order valence-electron chi connectivity index (χ1n) is 7.40. The number of hydrogen-bond acceptors (Lipinski definition) is 4. The SMILES string of the molecule is Cn1nc(C(=O)Nc2ccc(Cl)c(C(=O)NC3CC3)c2)ccc1=O. The van der Waals surface area contributed by atoms with E-state index in [1.54, 1.807) is 12.1 Å². The van der Waals surface area contributed by atoms with Crippen LogP contribution in [0.15, 0.2) is 35.1 Å². The van der Waals surface area contributed by atoms with E-state index in [0.717, 1.165) is 17.5 Å². The second-order valence-electron chi connectivity index (χ2n) is 5.58. The zero-order chi connectivity index (χ0) is 17.3. The predicted molar refractivity (Wildman–Crippen MR) is 89.4 cm³/mol. The second kappa shape index (κ2) is 6.45. The van der Waals surface area contributed by atoms with Gasteiger partial charge < -0.3 is 10.6 Å². The van der Waals surface area contributed by atoms with Crippen LogP contribution in [0.5, 0.6) is 0 Å². The molecule has 0 saturated heterocycles. The molecule has 1 saturated carbocycles. The summed E-state index contributed by atoms with van der Waals surface area (Å²) in [4.78, 5) is 35.7. The minimum absolute atomic E-state index is 0.0935. The van der Waals surface area contributed by atoms with Gasteiger partial charge in [0.2, 0.25) is 0 Å². The molecule has 124 valence electrons. The van der Waals surface area contributed by atoms with Crippen molar-refractivity contribution >= 4 is 29.1 Å². The Bertz CT molecular complexity index is 874. The lowest BCUT2D eigenvalue weighted by Crippen LogP contribution is -2.26. The molecule has 1 aliphatic rings. The molecule has 2 aromatic rings. The van der Waals surface area contributed by atoms with E-state index in [-0.39, 0.29) is 23.2 Å². The monoisotopic (exact) mass is 346 g/mol. The van der Waals surface area contributed by atoms with Crippen LogP contribution in [0.2, 0.25) is 5.02 Å². The molecule has 0 unspecified atom stereocenters. The number of rotatable bonds is 4. The molecule has 0 spiro atoms. The van der Waals surface area contributed by atoms with Crippen molar-refractivity contribution in [3.05, 3.63) is 57.0 Å². The molecule has 0 atom stereocenters. The van der Waals surface area contributed by atoms with Crippen molar-refractivity contribution in [2.75, 3.05) is 5.32 Å². The normalized spacial score (nSPS) is 13.4. The Morgan fingerprint density at radius 2 is 1.96 bits per heavy atom. The largest absolute Gasteiger partial charge is 0.349 e. The molecule has 1 aromatic carbocycles. The van der Waals surface area contributed by atoms with Gasteiger partial charge in [0.1, 0.15) is 5.69 Å². The third kappa shape index (κ3) is 3.62. The zero-order valence-corrected chi connectivity index (χ0v) is 13.6. The Balaban J connectivity index is 1.79. The van der Waals surface area contributed by atoms with E-state index in [9.17, 15) is 14.4 Å². The standard InChI is InChI=1S/C16H15ClN4O3/c1-21-14(22)7-6-13(20-21)16(24)19-10-4-5-12(17)11(8-10)15(23)18-9-2-3-9/h4-9H,2-3H2,1H3,(H,18,23)(H,19,24). The molecule has 24 heavy (non-hydrogen) atoms. The summed E-state index contributed by atoms with van der Waals surface area (Å²) in [5, 5.41) is 9.68. The van der Waals surface area contributed by atoms with Gasteiger partial charge in [0.15, 0.2) is 0 Å². The fourth-order valence-corrected chi connectivity index (χ4v) is 2.29. The van der Waals surface area contributed by atoms with Crippen LogP contribution in [-0.2, 0) is 7.05 Å². The van der Waals surface area contributed by atoms with Gasteiger partial charge in [-0.2, -0.15) is 5.10 Å². The Morgan fingerprint density at radius 3 is 2.62 bits per heavy atom. The number of nitrogens with one attached hydrogen (secondary N) is 2. The van der Waals surface area contributed by atoms with Crippen LogP contribution in [0.25, 0.3) is 0 Å². The van der Waals surface area contributed by atoms with Gasteiger partial charge in [-0.3, -0.25) is 14.4 Å². The molecule has 2 amide bonds. The van der Waals surface area contributed by atoms with Gasteiger partial charge in [-0.15, -0.1) is 0 Å². The molecule has 1 aromatic heterocycles. The van der Waals surface area contributed by atoms with E-state index in [0.29, 0.717) is 16.3 Å². The van der Waals surface area contributed by atoms with Gasteiger partial charge >= 0.3 is 0 Å². The molecule has 2 N–H and O–H groups in total. The Kier molecular flexibility index (Phi) is 4.35. The smallest absolute Gasteiger partial charge is 0.276 e. The zero-order valence-electron chi connectivity index (χ0n) is 12.9. The Labute approximate surface area is 142 Å². The van der Waals surface area contributed by atoms with Crippen LogP contribution >= 0.6 is 11.6 Å². The van der Waals surface area contributed by atoms with Gasteiger partial charge in [-0.25, -0.2) is 4.68 Å². The number of carbonyl (C=O) groups is 2. The highest BCUT2D eigenvalue weighted by molar-refractivity contribution is 6.34. The van der Waals surface area contributed by atoms with Crippen LogP contribution in [0.4, 0.5) is 5.69 Å². The first-order valence-corrected chi connectivity index (χ1v) is 7.78. The average molecular weight is 347 g/mol. The van der Waals surface area contributed by atoms with E-state index < -0.39 is 5.91 Å². The van der Waals surface area contributed by atoms with Crippen molar-refractivity contribution < 1.29 is 9.59 Å². The van der Waals surface area contributed by atoms with Gasteiger partial charge in [0.25, 0.3) is 17.4 Å². The molecule has 3 rings (SSSR count).